The molecule has 0 amide bonds. The number of halogens is 3. The molecule has 0 spiro atoms. The molecule has 0 bridgehead atoms. The van der Waals surface area contributed by atoms with Gasteiger partial charge in [-0.05, 0) is 17.5 Å². The van der Waals surface area contributed by atoms with Crippen LogP contribution in [0.3, 0.4) is 0 Å². The fraction of sp³-hybridized carbons (Fsp3) is 0.857. The van der Waals surface area contributed by atoms with Gasteiger partial charge < -0.3 is 5.32 Å². The first-order chi connectivity index (χ1) is 8.03. The summed E-state index contributed by atoms with van der Waals surface area (Å²) in [6.07, 6.45) is 0. The Labute approximate surface area is 105 Å². The number of thioether (sulfide) groups is 2. The van der Waals surface area contributed by atoms with E-state index in [4.69, 9.17) is 0 Å². The highest BCUT2D eigenvalue weighted by Crippen LogP contribution is 2.31. The minimum absolute atomic E-state index is 0.00689. The summed E-state index contributed by atoms with van der Waals surface area (Å²) in [4.78, 5) is 0. The first-order valence-electron chi connectivity index (χ1n) is 4.77. The standard InChI is InChI=1S/C7H12F3N5S2/c1-11-2-3-15-6(12-13-14-15)16-4-5-17-7(8,9)10/h11H,2-5H2,1H3. The van der Waals surface area contributed by atoms with Crippen LogP contribution < -0.4 is 5.32 Å². The Hall–Kier alpha value is -0.480. The maximum Gasteiger partial charge on any atom is 0.441 e. The smallest absolute Gasteiger partial charge is 0.318 e. The topological polar surface area (TPSA) is 55.6 Å². The molecule has 0 atom stereocenters. The van der Waals surface area contributed by atoms with Gasteiger partial charge in [0.25, 0.3) is 0 Å². The predicted octanol–water partition coefficient (Wildman–Crippen LogP) is 1.24. The van der Waals surface area contributed by atoms with Crippen LogP contribution in [-0.4, -0.2) is 50.8 Å². The lowest BCUT2D eigenvalue weighted by molar-refractivity contribution is -0.0326. The number of tetrazole rings is 1. The van der Waals surface area contributed by atoms with E-state index in [2.05, 4.69) is 20.8 Å². The Kier molecular flexibility index (Phi) is 6.06. The average Bonchev–Trinajstić information content (AvgIpc) is 2.67. The first-order valence-corrected chi connectivity index (χ1v) is 6.74. The molecule has 0 aromatic carbocycles. The van der Waals surface area contributed by atoms with E-state index >= 15 is 0 Å². The van der Waals surface area contributed by atoms with Crippen LogP contribution in [0.25, 0.3) is 0 Å². The predicted molar refractivity (Wildman–Crippen MR) is 61.0 cm³/mol. The van der Waals surface area contributed by atoms with Gasteiger partial charge in [-0.3, -0.25) is 0 Å². The third kappa shape index (κ3) is 6.13. The van der Waals surface area contributed by atoms with Crippen molar-refractivity contribution in [3.63, 3.8) is 0 Å². The van der Waals surface area contributed by atoms with Gasteiger partial charge in [0.2, 0.25) is 5.16 Å². The van der Waals surface area contributed by atoms with E-state index in [0.29, 0.717) is 24.0 Å². The summed E-state index contributed by atoms with van der Waals surface area (Å²) in [6.45, 7) is 1.30. The maximum atomic E-state index is 11.9. The molecule has 1 N–H and O–H groups in total. The zero-order valence-electron chi connectivity index (χ0n) is 9.07. The summed E-state index contributed by atoms with van der Waals surface area (Å²) in [7, 11) is 1.80. The summed E-state index contributed by atoms with van der Waals surface area (Å²) in [5.74, 6) is 0.317. The second-order valence-corrected chi connectivity index (χ2v) is 5.15. The molecule has 0 aliphatic rings. The van der Waals surface area contributed by atoms with Gasteiger partial charge in [-0.1, -0.05) is 23.5 Å². The zero-order chi connectivity index (χ0) is 12.7. The molecule has 10 heteroatoms. The van der Waals surface area contributed by atoms with Gasteiger partial charge in [0, 0.05) is 18.1 Å². The molecule has 0 unspecified atom stereocenters. The quantitative estimate of drug-likeness (QED) is 0.601. The number of hydrogen-bond donors (Lipinski definition) is 1. The Bertz CT molecular complexity index is 330. The number of hydrogen-bond acceptors (Lipinski definition) is 6. The molecule has 0 saturated heterocycles. The van der Waals surface area contributed by atoms with Crippen molar-refractivity contribution in [2.75, 3.05) is 25.1 Å². The summed E-state index contributed by atoms with van der Waals surface area (Å²) in [5, 5.41) is 14.5. The van der Waals surface area contributed by atoms with E-state index in [1.165, 1.54) is 11.8 Å². The van der Waals surface area contributed by atoms with Gasteiger partial charge in [-0.25, -0.2) is 4.68 Å². The van der Waals surface area contributed by atoms with Crippen molar-refractivity contribution < 1.29 is 13.2 Å². The fourth-order valence-electron chi connectivity index (χ4n) is 0.948. The monoisotopic (exact) mass is 287 g/mol. The minimum Gasteiger partial charge on any atom is -0.318 e. The lowest BCUT2D eigenvalue weighted by atomic mass is 10.6. The van der Waals surface area contributed by atoms with Gasteiger partial charge in [-0.2, -0.15) is 13.2 Å². The molecule has 0 radical (unpaired) electrons. The van der Waals surface area contributed by atoms with Crippen LogP contribution >= 0.6 is 23.5 Å². The molecule has 17 heavy (non-hydrogen) atoms. The van der Waals surface area contributed by atoms with Crippen LogP contribution in [0.2, 0.25) is 0 Å². The largest absolute Gasteiger partial charge is 0.441 e. The molecule has 0 fully saturated rings. The van der Waals surface area contributed by atoms with Crippen LogP contribution in [0.15, 0.2) is 5.16 Å². The Morgan fingerprint density at radius 2 is 2.12 bits per heavy atom. The maximum absolute atomic E-state index is 11.9. The molecule has 0 saturated carbocycles. The van der Waals surface area contributed by atoms with Crippen molar-refractivity contribution in [2.24, 2.45) is 0 Å². The van der Waals surface area contributed by atoms with Gasteiger partial charge in [0.1, 0.15) is 0 Å². The number of aromatic nitrogens is 4. The highest BCUT2D eigenvalue weighted by Gasteiger charge is 2.27. The average molecular weight is 287 g/mol. The van der Waals surface area contributed by atoms with Crippen molar-refractivity contribution in [3.8, 4) is 0 Å². The lowest BCUT2D eigenvalue weighted by Gasteiger charge is -2.05. The minimum atomic E-state index is -4.17. The number of nitrogens with one attached hydrogen (secondary N) is 1. The van der Waals surface area contributed by atoms with Crippen LogP contribution in [-0.2, 0) is 6.54 Å². The van der Waals surface area contributed by atoms with E-state index in [1.807, 2.05) is 0 Å². The summed E-state index contributed by atoms with van der Waals surface area (Å²) >= 11 is 1.19. The number of nitrogens with zero attached hydrogens (tertiary/aromatic N) is 4. The lowest BCUT2D eigenvalue weighted by Crippen LogP contribution is -2.16. The zero-order valence-corrected chi connectivity index (χ0v) is 10.7. The second-order valence-electron chi connectivity index (χ2n) is 2.93. The van der Waals surface area contributed by atoms with Gasteiger partial charge in [0.15, 0.2) is 0 Å². The molecule has 0 aliphatic heterocycles. The Balaban J connectivity index is 2.29. The van der Waals surface area contributed by atoms with E-state index in [-0.39, 0.29) is 17.5 Å². The van der Waals surface area contributed by atoms with Gasteiger partial charge in [-0.15, -0.1) is 5.10 Å². The molecule has 0 aliphatic carbocycles. The van der Waals surface area contributed by atoms with Crippen LogP contribution in [0, 0.1) is 0 Å². The summed E-state index contributed by atoms with van der Waals surface area (Å²) < 4.78 is 37.2. The molecular formula is C7H12F3N5S2. The van der Waals surface area contributed by atoms with Gasteiger partial charge >= 0.3 is 5.51 Å². The molecular weight excluding hydrogens is 275 g/mol. The van der Waals surface area contributed by atoms with E-state index < -0.39 is 5.51 Å². The Morgan fingerprint density at radius 1 is 1.35 bits per heavy atom. The van der Waals surface area contributed by atoms with Crippen molar-refractivity contribution in [1.29, 1.82) is 0 Å². The van der Waals surface area contributed by atoms with Crippen molar-refractivity contribution >= 4 is 23.5 Å². The third-order valence-corrected chi connectivity index (χ3v) is 3.61. The van der Waals surface area contributed by atoms with Crippen molar-refractivity contribution in [2.45, 2.75) is 17.2 Å². The van der Waals surface area contributed by atoms with E-state index in [0.717, 1.165) is 0 Å². The second kappa shape index (κ2) is 7.07. The number of likely N-dealkylation sites (N-methyl/N-ethyl adjacent to an activating group) is 1. The highest BCUT2D eigenvalue weighted by molar-refractivity contribution is 8.03. The van der Waals surface area contributed by atoms with Crippen molar-refractivity contribution in [1.82, 2.24) is 25.5 Å². The van der Waals surface area contributed by atoms with E-state index in [9.17, 15) is 13.2 Å². The molecule has 1 aromatic heterocycles. The SMILES string of the molecule is CNCCn1nnnc1SCCSC(F)(F)F. The number of alkyl halides is 3. The fourth-order valence-corrected chi connectivity index (χ4v) is 2.40. The normalized spacial score (nSPS) is 12.0. The summed E-state index contributed by atoms with van der Waals surface area (Å²) in [5.41, 5.74) is -4.17. The van der Waals surface area contributed by atoms with Gasteiger partial charge in [0.05, 0.1) is 6.54 Å². The number of rotatable bonds is 7. The molecule has 1 heterocycles. The molecule has 1 aromatic rings. The third-order valence-electron chi connectivity index (χ3n) is 1.65. The van der Waals surface area contributed by atoms with Crippen LogP contribution in [0.4, 0.5) is 13.2 Å². The molecule has 1 rings (SSSR count). The molecule has 5 nitrogen and oxygen atoms in total. The van der Waals surface area contributed by atoms with E-state index in [1.54, 1.807) is 11.7 Å². The molecule has 98 valence electrons. The van der Waals surface area contributed by atoms with Crippen LogP contribution in [0.1, 0.15) is 0 Å². The summed E-state index contributed by atoms with van der Waals surface area (Å²) in [6, 6.07) is 0. The van der Waals surface area contributed by atoms with Crippen molar-refractivity contribution in [3.05, 3.63) is 0 Å². The Morgan fingerprint density at radius 3 is 2.76 bits per heavy atom. The van der Waals surface area contributed by atoms with Crippen LogP contribution in [0.5, 0.6) is 0 Å². The first kappa shape index (κ1) is 14.6. The highest BCUT2D eigenvalue weighted by atomic mass is 32.2.